The lowest BCUT2D eigenvalue weighted by atomic mass is 9.80. The molecule has 0 saturated heterocycles. The maximum atomic E-state index is 11.9. The molecule has 4 aromatic rings. The van der Waals surface area contributed by atoms with Crippen LogP contribution in [0.5, 0.6) is 0 Å². The topological polar surface area (TPSA) is 153 Å². The number of hydrogen-bond acceptors (Lipinski definition) is 7. The molecule has 4 rings (SSSR count). The van der Waals surface area contributed by atoms with Gasteiger partial charge in [-0.2, -0.15) is 0 Å². The van der Waals surface area contributed by atoms with Crippen LogP contribution in [0.4, 0.5) is 11.4 Å². The highest BCUT2D eigenvalue weighted by atomic mass is 35.5. The summed E-state index contributed by atoms with van der Waals surface area (Å²) in [4.78, 5) is 22.3. The molecule has 0 bridgehead atoms. The Labute approximate surface area is 220 Å². The largest absolute Gasteiger partial charge is 0.488 e. The lowest BCUT2D eigenvalue weighted by Crippen LogP contribution is -2.30. The van der Waals surface area contributed by atoms with E-state index in [1.807, 2.05) is 12.1 Å². The van der Waals surface area contributed by atoms with Gasteiger partial charge in [-0.05, 0) is 58.9 Å². The third-order valence-electron chi connectivity index (χ3n) is 4.69. The van der Waals surface area contributed by atoms with Crippen LogP contribution in [0.2, 0.25) is 0 Å². The summed E-state index contributed by atoms with van der Waals surface area (Å²) >= 11 is 5.16. The second kappa shape index (κ2) is 15.2. The molecule has 1 amide bonds. The second-order valence-corrected chi connectivity index (χ2v) is 7.85. The monoisotopic (exact) mass is 518 g/mol. The molecule has 0 spiro atoms. The van der Waals surface area contributed by atoms with Crippen molar-refractivity contribution < 1.29 is 29.7 Å². The van der Waals surface area contributed by atoms with Gasteiger partial charge in [-0.3, -0.25) is 9.59 Å². The third-order valence-corrected chi connectivity index (χ3v) is 4.91. The molecule has 11 heteroatoms. The Kier molecular flexibility index (Phi) is 12.1. The number of hydrogen-bond donors (Lipinski definition) is 6. The van der Waals surface area contributed by atoms with E-state index in [2.05, 4.69) is 5.32 Å². The summed E-state index contributed by atoms with van der Waals surface area (Å²) in [7, 11) is -2.97. The van der Waals surface area contributed by atoms with Crippen LogP contribution in [0, 0.1) is 0 Å². The van der Waals surface area contributed by atoms with Crippen LogP contribution < -0.4 is 22.0 Å². The van der Waals surface area contributed by atoms with E-state index in [9.17, 15) is 9.59 Å². The van der Waals surface area contributed by atoms with Crippen LogP contribution in [-0.4, -0.2) is 45.5 Å². The van der Waals surface area contributed by atoms with Crippen LogP contribution in [0.3, 0.4) is 0 Å². The van der Waals surface area contributed by atoms with Crippen molar-refractivity contribution in [2.45, 2.75) is 0 Å². The Morgan fingerprint density at radius 2 is 1.14 bits per heavy atom. The number of nitrogens with two attached hydrogens (primary N) is 1. The molecule has 4 aromatic carbocycles. The van der Waals surface area contributed by atoms with E-state index in [1.165, 1.54) is 12.1 Å². The van der Waals surface area contributed by atoms with Gasteiger partial charge < -0.3 is 31.1 Å². The Hall–Kier alpha value is -3.92. The van der Waals surface area contributed by atoms with Crippen molar-refractivity contribution in [2.75, 3.05) is 11.1 Å². The zero-order valence-electron chi connectivity index (χ0n) is 19.6. The molecule has 8 nitrogen and oxygen atoms in total. The molecule has 0 unspecified atom stereocenters. The molecular formula is C26H25B2ClN2O6. The average Bonchev–Trinajstić information content (AvgIpc) is 2.90. The quantitative estimate of drug-likeness (QED) is 0.133. The molecule has 0 aliphatic heterocycles. The molecule has 7 N–H and O–H groups in total. The van der Waals surface area contributed by atoms with Gasteiger partial charge in [-0.25, -0.2) is 0 Å². The summed E-state index contributed by atoms with van der Waals surface area (Å²) in [5.74, 6) is -0.236. The van der Waals surface area contributed by atoms with Gasteiger partial charge in [-0.1, -0.05) is 72.8 Å². The van der Waals surface area contributed by atoms with Gasteiger partial charge in [0.2, 0.25) is 0 Å². The van der Waals surface area contributed by atoms with E-state index in [0.717, 1.165) is 0 Å². The van der Waals surface area contributed by atoms with E-state index in [4.69, 9.17) is 37.4 Å². The molecule has 0 fully saturated rings. The first-order valence-electron chi connectivity index (χ1n) is 11.0. The minimum absolute atomic E-state index is 0.236. The van der Waals surface area contributed by atoms with Crippen LogP contribution in [-0.2, 0) is 0 Å². The number of amides is 1. The van der Waals surface area contributed by atoms with Crippen molar-refractivity contribution in [2.24, 2.45) is 0 Å². The number of nitrogen functional groups attached to an aromatic ring is 1. The Morgan fingerprint density at radius 1 is 0.649 bits per heavy atom. The second-order valence-electron chi connectivity index (χ2n) is 7.50. The van der Waals surface area contributed by atoms with E-state index in [0.29, 0.717) is 33.4 Å². The van der Waals surface area contributed by atoms with E-state index in [-0.39, 0.29) is 5.91 Å². The van der Waals surface area contributed by atoms with Crippen LogP contribution in [0.1, 0.15) is 20.7 Å². The van der Waals surface area contributed by atoms with Gasteiger partial charge in [0.05, 0.1) is 0 Å². The first-order valence-corrected chi connectivity index (χ1v) is 11.3. The van der Waals surface area contributed by atoms with Crippen molar-refractivity contribution in [3.63, 3.8) is 0 Å². The predicted octanol–water partition coefficient (Wildman–Crippen LogP) is 1.63. The lowest BCUT2D eigenvalue weighted by molar-refractivity contribution is 0.102. The molecule has 0 atom stereocenters. The number of halogens is 1. The highest BCUT2D eigenvalue weighted by Gasteiger charge is 2.12. The SMILES string of the molecule is Nc1cccc(B(O)O)c1.O=C(Cl)c1ccccc1.O=C(Nc1cccc(B(O)O)c1)c1ccccc1. The molecular weight excluding hydrogens is 493 g/mol. The number of carbonyl (C=O) groups excluding carboxylic acids is 2. The number of carbonyl (C=O) groups is 2. The van der Waals surface area contributed by atoms with Crippen LogP contribution >= 0.6 is 11.6 Å². The predicted molar refractivity (Wildman–Crippen MR) is 148 cm³/mol. The number of rotatable bonds is 5. The molecule has 0 heterocycles. The Bertz CT molecular complexity index is 1280. The minimum atomic E-state index is -1.54. The summed E-state index contributed by atoms with van der Waals surface area (Å²) in [6.45, 7) is 0. The number of nitrogens with one attached hydrogen (secondary N) is 1. The van der Waals surface area contributed by atoms with Crippen molar-refractivity contribution in [3.8, 4) is 0 Å². The third kappa shape index (κ3) is 10.7. The number of benzene rings is 4. The maximum absolute atomic E-state index is 11.9. The molecule has 0 saturated carbocycles. The normalized spacial score (nSPS) is 9.54. The van der Waals surface area contributed by atoms with E-state index in [1.54, 1.807) is 84.9 Å². The van der Waals surface area contributed by atoms with Gasteiger partial charge in [-0.15, -0.1) is 0 Å². The van der Waals surface area contributed by atoms with Crippen molar-refractivity contribution in [1.82, 2.24) is 0 Å². The Morgan fingerprint density at radius 3 is 1.57 bits per heavy atom. The lowest BCUT2D eigenvalue weighted by Gasteiger charge is -2.07. The van der Waals surface area contributed by atoms with Crippen molar-refractivity contribution in [3.05, 3.63) is 120 Å². The summed E-state index contributed by atoms with van der Waals surface area (Å²) in [5.41, 5.74) is 8.27. The molecule has 0 aromatic heterocycles. The zero-order chi connectivity index (χ0) is 27.2. The smallest absolute Gasteiger partial charge is 0.423 e. The molecule has 37 heavy (non-hydrogen) atoms. The molecule has 0 radical (unpaired) electrons. The van der Waals surface area contributed by atoms with E-state index >= 15 is 0 Å². The van der Waals surface area contributed by atoms with E-state index < -0.39 is 19.5 Å². The van der Waals surface area contributed by atoms with Crippen LogP contribution in [0.15, 0.2) is 109 Å². The highest BCUT2D eigenvalue weighted by molar-refractivity contribution is 6.67. The molecule has 0 aliphatic rings. The first-order chi connectivity index (χ1) is 17.7. The fourth-order valence-corrected chi connectivity index (χ4v) is 2.98. The summed E-state index contributed by atoms with van der Waals surface area (Å²) < 4.78 is 0. The van der Waals surface area contributed by atoms with Crippen molar-refractivity contribution >= 4 is 59.3 Å². The summed E-state index contributed by atoms with van der Waals surface area (Å²) in [6, 6.07) is 30.4. The summed E-state index contributed by atoms with van der Waals surface area (Å²) in [6.07, 6.45) is 0. The van der Waals surface area contributed by atoms with Gasteiger partial charge in [0, 0.05) is 22.5 Å². The van der Waals surface area contributed by atoms with Gasteiger partial charge in [0.25, 0.3) is 11.1 Å². The zero-order valence-corrected chi connectivity index (χ0v) is 20.4. The maximum Gasteiger partial charge on any atom is 0.488 e. The standard InChI is InChI=1S/C13H12BNO3.C7H5ClO.C6H8BNO2/c16-13(10-5-2-1-3-6-10)15-12-8-4-7-11(9-12)14(17)18;8-7(9)6-4-2-1-3-5-6;8-6-3-1-2-5(4-6)7(9)10/h1-9,17-18H,(H,15,16);1-5H;1-4,9-10H,8H2. The van der Waals surface area contributed by atoms with Gasteiger partial charge >= 0.3 is 14.2 Å². The van der Waals surface area contributed by atoms with Gasteiger partial charge in [0.1, 0.15) is 0 Å². The average molecular weight is 519 g/mol. The molecule has 188 valence electrons. The fraction of sp³-hybridized carbons (Fsp3) is 0. The molecule has 0 aliphatic carbocycles. The fourth-order valence-electron chi connectivity index (χ4n) is 2.86. The Balaban J connectivity index is 0.000000214. The van der Waals surface area contributed by atoms with Gasteiger partial charge in [0.15, 0.2) is 0 Å². The first kappa shape index (κ1) is 29.3. The highest BCUT2D eigenvalue weighted by Crippen LogP contribution is 2.08. The van der Waals surface area contributed by atoms with Crippen molar-refractivity contribution in [1.29, 1.82) is 0 Å². The number of anilines is 2. The minimum Gasteiger partial charge on any atom is -0.423 e. The summed E-state index contributed by atoms with van der Waals surface area (Å²) in [5, 5.41) is 37.7. The van der Waals surface area contributed by atoms with Crippen LogP contribution in [0.25, 0.3) is 0 Å².